The first-order chi connectivity index (χ1) is 14.4. The highest BCUT2D eigenvalue weighted by Crippen LogP contribution is 2.23. The second-order valence-corrected chi connectivity index (χ2v) is 7.65. The fraction of sp³-hybridized carbons (Fsp3) is 0.348. The van der Waals surface area contributed by atoms with Gasteiger partial charge < -0.3 is 14.8 Å². The zero-order valence-electron chi connectivity index (χ0n) is 17.4. The van der Waals surface area contributed by atoms with Crippen LogP contribution in [0.15, 0.2) is 48.5 Å². The van der Waals surface area contributed by atoms with Crippen molar-refractivity contribution in [3.63, 3.8) is 0 Å². The maximum Gasteiger partial charge on any atom is 0.407 e. The molecule has 0 bridgehead atoms. The van der Waals surface area contributed by atoms with Gasteiger partial charge in [-0.25, -0.2) is 4.79 Å². The van der Waals surface area contributed by atoms with Crippen molar-refractivity contribution < 1.29 is 23.9 Å². The van der Waals surface area contributed by atoms with Crippen molar-refractivity contribution in [2.45, 2.75) is 26.3 Å². The number of imide groups is 1. The molecular formula is C23H26N2O5. The molecule has 158 valence electrons. The first kappa shape index (κ1) is 21.4. The Balaban J connectivity index is 1.75. The van der Waals surface area contributed by atoms with Crippen LogP contribution in [0, 0.1) is 5.92 Å². The van der Waals surface area contributed by atoms with E-state index in [-0.39, 0.29) is 30.9 Å². The van der Waals surface area contributed by atoms with Gasteiger partial charge >= 0.3 is 6.09 Å². The highest BCUT2D eigenvalue weighted by Gasteiger charge is 2.36. The topological polar surface area (TPSA) is 84.9 Å². The largest absolute Gasteiger partial charge is 0.497 e. The van der Waals surface area contributed by atoms with Crippen LogP contribution in [0.4, 0.5) is 4.79 Å². The molecule has 0 saturated heterocycles. The Morgan fingerprint density at radius 2 is 1.60 bits per heavy atom. The number of hydrogen-bond donors (Lipinski definition) is 1. The van der Waals surface area contributed by atoms with Gasteiger partial charge in [-0.3, -0.25) is 14.5 Å². The second-order valence-electron chi connectivity index (χ2n) is 7.65. The maximum absolute atomic E-state index is 12.7. The van der Waals surface area contributed by atoms with Crippen molar-refractivity contribution in [1.29, 1.82) is 0 Å². The number of rotatable bonds is 8. The Hall–Kier alpha value is -3.35. The molecule has 1 aliphatic rings. The third kappa shape index (κ3) is 4.97. The predicted molar refractivity (Wildman–Crippen MR) is 112 cm³/mol. The van der Waals surface area contributed by atoms with Gasteiger partial charge in [0.15, 0.2) is 0 Å². The predicted octanol–water partition coefficient (Wildman–Crippen LogP) is 3.28. The SMILES string of the molecule is COc1ccc(C[C@@H](CN2C(=O)c3ccccc3C2=O)NC(=O)OCC(C)C)cc1. The zero-order chi connectivity index (χ0) is 21.7. The molecule has 1 N–H and O–H groups in total. The van der Waals surface area contributed by atoms with Gasteiger partial charge in [0.05, 0.1) is 37.4 Å². The van der Waals surface area contributed by atoms with E-state index in [1.807, 2.05) is 38.1 Å². The summed E-state index contributed by atoms with van der Waals surface area (Å²) in [6.45, 7) is 4.23. The van der Waals surface area contributed by atoms with Crippen LogP contribution in [-0.2, 0) is 11.2 Å². The molecule has 7 heteroatoms. The van der Waals surface area contributed by atoms with E-state index in [0.717, 1.165) is 11.3 Å². The van der Waals surface area contributed by atoms with E-state index in [1.165, 1.54) is 4.90 Å². The Morgan fingerprint density at radius 1 is 1.00 bits per heavy atom. The van der Waals surface area contributed by atoms with Gasteiger partial charge in [-0.2, -0.15) is 0 Å². The lowest BCUT2D eigenvalue weighted by Gasteiger charge is -2.24. The summed E-state index contributed by atoms with van der Waals surface area (Å²) in [5.41, 5.74) is 1.70. The first-order valence-electron chi connectivity index (χ1n) is 9.90. The second kappa shape index (κ2) is 9.43. The van der Waals surface area contributed by atoms with Gasteiger partial charge in [0.2, 0.25) is 0 Å². The number of carbonyl (C=O) groups is 3. The minimum Gasteiger partial charge on any atom is -0.497 e. The molecule has 30 heavy (non-hydrogen) atoms. The molecule has 2 aromatic rings. The Labute approximate surface area is 176 Å². The summed E-state index contributed by atoms with van der Waals surface area (Å²) in [7, 11) is 1.59. The molecule has 1 atom stereocenters. The number of methoxy groups -OCH3 is 1. The monoisotopic (exact) mass is 410 g/mol. The van der Waals surface area contributed by atoms with E-state index in [1.54, 1.807) is 31.4 Å². The van der Waals surface area contributed by atoms with Crippen LogP contribution >= 0.6 is 0 Å². The lowest BCUT2D eigenvalue weighted by atomic mass is 10.1. The van der Waals surface area contributed by atoms with Crippen LogP contribution in [0.5, 0.6) is 5.75 Å². The molecule has 0 spiro atoms. The maximum atomic E-state index is 12.7. The average molecular weight is 410 g/mol. The molecule has 7 nitrogen and oxygen atoms in total. The van der Waals surface area contributed by atoms with Gasteiger partial charge in [-0.15, -0.1) is 0 Å². The van der Waals surface area contributed by atoms with E-state index in [9.17, 15) is 14.4 Å². The third-order valence-electron chi connectivity index (χ3n) is 4.79. The minimum absolute atomic E-state index is 0.0507. The summed E-state index contributed by atoms with van der Waals surface area (Å²) in [5.74, 6) is 0.215. The molecule has 0 saturated carbocycles. The summed E-state index contributed by atoms with van der Waals surface area (Å²) in [6, 6.07) is 13.6. The molecular weight excluding hydrogens is 384 g/mol. The fourth-order valence-electron chi connectivity index (χ4n) is 3.28. The Morgan fingerprint density at radius 3 is 2.13 bits per heavy atom. The van der Waals surface area contributed by atoms with Crippen molar-refractivity contribution in [3.8, 4) is 5.75 Å². The quantitative estimate of drug-likeness (QED) is 0.675. The van der Waals surface area contributed by atoms with Crippen molar-refractivity contribution >= 4 is 17.9 Å². The fourth-order valence-corrected chi connectivity index (χ4v) is 3.28. The summed E-state index contributed by atoms with van der Waals surface area (Å²) in [6.07, 6.45) is -0.146. The van der Waals surface area contributed by atoms with Gasteiger partial charge in [-0.05, 0) is 42.2 Å². The lowest BCUT2D eigenvalue weighted by molar-refractivity contribution is 0.0631. The van der Waals surface area contributed by atoms with Crippen LogP contribution in [-0.4, -0.2) is 49.1 Å². The minimum atomic E-state index is -0.571. The van der Waals surface area contributed by atoms with E-state index >= 15 is 0 Å². The molecule has 0 aliphatic carbocycles. The number of alkyl carbamates (subject to hydrolysis) is 1. The molecule has 0 fully saturated rings. The lowest BCUT2D eigenvalue weighted by Crippen LogP contribution is -2.47. The highest BCUT2D eigenvalue weighted by atomic mass is 16.5. The normalized spacial score (nSPS) is 13.9. The standard InChI is InChI=1S/C23H26N2O5/c1-15(2)14-30-23(28)24-17(12-16-8-10-18(29-3)11-9-16)13-25-21(26)19-6-4-5-7-20(19)22(25)27/h4-11,15,17H,12-14H2,1-3H3,(H,24,28)/t17-/m0/s1. The number of ether oxygens (including phenoxy) is 2. The average Bonchev–Trinajstić information content (AvgIpc) is 2.98. The number of nitrogens with one attached hydrogen (secondary N) is 1. The third-order valence-corrected chi connectivity index (χ3v) is 4.79. The number of fused-ring (bicyclic) bond motifs is 1. The van der Waals surface area contributed by atoms with Crippen LogP contribution in [0.25, 0.3) is 0 Å². The van der Waals surface area contributed by atoms with Crippen LogP contribution in [0.3, 0.4) is 0 Å². The van der Waals surface area contributed by atoms with E-state index in [4.69, 9.17) is 9.47 Å². The van der Waals surface area contributed by atoms with Crippen molar-refractivity contribution in [3.05, 3.63) is 65.2 Å². The molecule has 0 aromatic heterocycles. The van der Waals surface area contributed by atoms with Crippen molar-refractivity contribution in [2.75, 3.05) is 20.3 Å². The summed E-state index contributed by atoms with van der Waals surface area (Å²) in [5, 5.41) is 2.81. The van der Waals surface area contributed by atoms with Gasteiger partial charge in [0, 0.05) is 0 Å². The smallest absolute Gasteiger partial charge is 0.407 e. The van der Waals surface area contributed by atoms with E-state index in [2.05, 4.69) is 5.32 Å². The van der Waals surface area contributed by atoms with Crippen LogP contribution < -0.4 is 10.1 Å². The zero-order valence-corrected chi connectivity index (χ0v) is 17.4. The van der Waals surface area contributed by atoms with E-state index in [0.29, 0.717) is 17.5 Å². The highest BCUT2D eigenvalue weighted by molar-refractivity contribution is 6.21. The number of hydrogen-bond acceptors (Lipinski definition) is 5. The van der Waals surface area contributed by atoms with Gasteiger partial charge in [0.1, 0.15) is 5.75 Å². The summed E-state index contributed by atoms with van der Waals surface area (Å²) < 4.78 is 10.4. The number of carbonyl (C=O) groups excluding carboxylic acids is 3. The first-order valence-corrected chi connectivity index (χ1v) is 9.90. The Bertz CT molecular complexity index is 888. The molecule has 0 radical (unpaired) electrons. The summed E-state index contributed by atoms with van der Waals surface area (Å²) >= 11 is 0. The van der Waals surface area contributed by atoms with Gasteiger partial charge in [-0.1, -0.05) is 38.1 Å². The molecule has 3 rings (SSSR count). The molecule has 2 aromatic carbocycles. The summed E-state index contributed by atoms with van der Waals surface area (Å²) in [4.78, 5) is 38.9. The number of nitrogens with zero attached hydrogens (tertiary/aromatic N) is 1. The van der Waals surface area contributed by atoms with Crippen LogP contribution in [0.1, 0.15) is 40.1 Å². The molecule has 0 unspecified atom stereocenters. The van der Waals surface area contributed by atoms with Crippen LogP contribution in [0.2, 0.25) is 0 Å². The van der Waals surface area contributed by atoms with Crippen molar-refractivity contribution in [1.82, 2.24) is 10.2 Å². The Kier molecular flexibility index (Phi) is 6.72. The van der Waals surface area contributed by atoms with Gasteiger partial charge in [0.25, 0.3) is 11.8 Å². The number of amides is 3. The van der Waals surface area contributed by atoms with E-state index < -0.39 is 12.1 Å². The number of benzene rings is 2. The molecule has 1 heterocycles. The van der Waals surface area contributed by atoms with Crippen molar-refractivity contribution in [2.24, 2.45) is 5.92 Å². The molecule has 3 amide bonds. The molecule has 1 aliphatic heterocycles.